The van der Waals surface area contributed by atoms with Crippen LogP contribution in [0.25, 0.3) is 11.5 Å². The second-order valence-electron chi connectivity index (χ2n) is 6.62. The van der Waals surface area contributed by atoms with E-state index in [9.17, 15) is 0 Å². The van der Waals surface area contributed by atoms with Gasteiger partial charge in [-0.25, -0.2) is 0 Å². The molecule has 1 aromatic heterocycles. The number of aromatic nitrogens is 2. The highest BCUT2D eigenvalue weighted by molar-refractivity contribution is 6.30. The highest BCUT2D eigenvalue weighted by atomic mass is 35.5. The molecule has 0 amide bonds. The molecule has 0 radical (unpaired) electrons. The summed E-state index contributed by atoms with van der Waals surface area (Å²) in [6, 6.07) is 28.2. The van der Waals surface area contributed by atoms with Gasteiger partial charge in [-0.3, -0.25) is 4.90 Å². The Balaban J connectivity index is 1.52. The summed E-state index contributed by atoms with van der Waals surface area (Å²) in [6.45, 7) is 2.17. The standard InChI is InChI=1S/C23H20ClN3O/c24-21-13-11-20(12-14-21)23-26-25-22(28-23)17-27(15-18-7-3-1-4-8-18)16-19-9-5-2-6-10-19/h1-14H,15-17H2. The first-order valence-corrected chi connectivity index (χ1v) is 9.52. The molecule has 0 aliphatic carbocycles. The van der Waals surface area contributed by atoms with Crippen molar-refractivity contribution in [1.29, 1.82) is 0 Å². The molecule has 0 unspecified atom stereocenters. The van der Waals surface area contributed by atoms with Crippen molar-refractivity contribution in [2.24, 2.45) is 0 Å². The van der Waals surface area contributed by atoms with E-state index in [1.54, 1.807) is 0 Å². The minimum atomic E-state index is 0.506. The lowest BCUT2D eigenvalue weighted by atomic mass is 10.1. The van der Waals surface area contributed by atoms with Gasteiger partial charge in [0.1, 0.15) is 0 Å². The average Bonchev–Trinajstić information content (AvgIpc) is 3.18. The van der Waals surface area contributed by atoms with E-state index in [-0.39, 0.29) is 0 Å². The third kappa shape index (κ3) is 4.85. The molecule has 0 atom stereocenters. The minimum absolute atomic E-state index is 0.506. The first-order valence-electron chi connectivity index (χ1n) is 9.15. The Bertz CT molecular complexity index is 959. The molecule has 4 nitrogen and oxygen atoms in total. The average molecular weight is 390 g/mol. The Kier molecular flexibility index (Phi) is 5.80. The zero-order valence-electron chi connectivity index (χ0n) is 15.3. The Morgan fingerprint density at radius 1 is 0.679 bits per heavy atom. The lowest BCUT2D eigenvalue weighted by Gasteiger charge is -2.20. The predicted molar refractivity (Wildman–Crippen MR) is 111 cm³/mol. The quantitative estimate of drug-likeness (QED) is 0.413. The van der Waals surface area contributed by atoms with Crippen molar-refractivity contribution in [3.05, 3.63) is 107 Å². The molecular formula is C23H20ClN3O. The van der Waals surface area contributed by atoms with Crippen LogP contribution in [0.15, 0.2) is 89.3 Å². The van der Waals surface area contributed by atoms with Crippen LogP contribution in [0, 0.1) is 0 Å². The van der Waals surface area contributed by atoms with Gasteiger partial charge in [0.25, 0.3) is 0 Å². The number of halogens is 1. The Labute approximate surface area is 169 Å². The molecular weight excluding hydrogens is 370 g/mol. The molecule has 1 heterocycles. The molecule has 3 aromatic carbocycles. The zero-order chi connectivity index (χ0) is 19.2. The van der Waals surface area contributed by atoms with Crippen LogP contribution in [0.4, 0.5) is 0 Å². The third-order valence-electron chi connectivity index (χ3n) is 4.41. The van der Waals surface area contributed by atoms with Gasteiger partial charge in [-0.15, -0.1) is 10.2 Å². The van der Waals surface area contributed by atoms with Crippen LogP contribution in [0.1, 0.15) is 17.0 Å². The summed E-state index contributed by atoms with van der Waals surface area (Å²) in [5, 5.41) is 9.12. The van der Waals surface area contributed by atoms with E-state index in [2.05, 4.69) is 63.6 Å². The third-order valence-corrected chi connectivity index (χ3v) is 4.67. The summed E-state index contributed by atoms with van der Waals surface area (Å²) in [5.74, 6) is 1.10. The number of nitrogens with zero attached hydrogens (tertiary/aromatic N) is 3. The van der Waals surface area contributed by atoms with E-state index in [4.69, 9.17) is 16.0 Å². The molecule has 0 bridgehead atoms. The van der Waals surface area contributed by atoms with E-state index in [0.717, 1.165) is 18.7 Å². The van der Waals surface area contributed by atoms with Gasteiger partial charge in [0, 0.05) is 23.7 Å². The van der Waals surface area contributed by atoms with E-state index in [0.29, 0.717) is 23.3 Å². The maximum absolute atomic E-state index is 5.95. The van der Waals surface area contributed by atoms with Gasteiger partial charge in [0.05, 0.1) is 6.54 Å². The van der Waals surface area contributed by atoms with Crippen LogP contribution in [-0.4, -0.2) is 15.1 Å². The number of benzene rings is 3. The molecule has 0 fully saturated rings. The normalized spacial score (nSPS) is 11.1. The second-order valence-corrected chi connectivity index (χ2v) is 7.06. The van der Waals surface area contributed by atoms with E-state index >= 15 is 0 Å². The fourth-order valence-electron chi connectivity index (χ4n) is 3.07. The largest absolute Gasteiger partial charge is 0.419 e. The monoisotopic (exact) mass is 389 g/mol. The molecule has 140 valence electrons. The van der Waals surface area contributed by atoms with Gasteiger partial charge < -0.3 is 4.42 Å². The summed E-state index contributed by atoms with van der Waals surface area (Å²) in [6.07, 6.45) is 0. The maximum atomic E-state index is 5.95. The summed E-state index contributed by atoms with van der Waals surface area (Å²) in [5.41, 5.74) is 3.35. The molecule has 4 rings (SSSR count). The van der Waals surface area contributed by atoms with Crippen LogP contribution in [-0.2, 0) is 19.6 Å². The minimum Gasteiger partial charge on any atom is -0.419 e. The second kappa shape index (κ2) is 8.83. The van der Waals surface area contributed by atoms with Crippen molar-refractivity contribution < 1.29 is 4.42 Å². The molecule has 0 saturated carbocycles. The SMILES string of the molecule is Clc1ccc(-c2nnc(CN(Cc3ccccc3)Cc3ccccc3)o2)cc1. The lowest BCUT2D eigenvalue weighted by molar-refractivity contribution is 0.223. The molecule has 5 heteroatoms. The molecule has 28 heavy (non-hydrogen) atoms. The van der Waals surface area contributed by atoms with Crippen molar-refractivity contribution in [1.82, 2.24) is 15.1 Å². The highest BCUT2D eigenvalue weighted by Crippen LogP contribution is 2.21. The van der Waals surface area contributed by atoms with Crippen molar-refractivity contribution in [3.63, 3.8) is 0 Å². The van der Waals surface area contributed by atoms with Crippen molar-refractivity contribution in [2.45, 2.75) is 19.6 Å². The molecule has 4 aromatic rings. The van der Waals surface area contributed by atoms with Crippen molar-refractivity contribution >= 4 is 11.6 Å². The van der Waals surface area contributed by atoms with Crippen LogP contribution < -0.4 is 0 Å². The molecule has 0 spiro atoms. The van der Waals surface area contributed by atoms with Crippen LogP contribution in [0.5, 0.6) is 0 Å². The molecule has 0 saturated heterocycles. The maximum Gasteiger partial charge on any atom is 0.247 e. The van der Waals surface area contributed by atoms with Gasteiger partial charge >= 0.3 is 0 Å². The summed E-state index contributed by atoms with van der Waals surface area (Å²) in [7, 11) is 0. The molecule has 0 N–H and O–H groups in total. The summed E-state index contributed by atoms with van der Waals surface area (Å²) < 4.78 is 5.91. The number of hydrogen-bond acceptors (Lipinski definition) is 4. The van der Waals surface area contributed by atoms with Gasteiger partial charge in [0.15, 0.2) is 0 Å². The first kappa shape index (κ1) is 18.4. The Morgan fingerprint density at radius 3 is 1.82 bits per heavy atom. The van der Waals surface area contributed by atoms with Gasteiger partial charge in [0.2, 0.25) is 11.8 Å². The summed E-state index contributed by atoms with van der Waals surface area (Å²) in [4.78, 5) is 2.30. The number of hydrogen-bond donors (Lipinski definition) is 0. The van der Waals surface area contributed by atoms with Crippen molar-refractivity contribution in [2.75, 3.05) is 0 Å². The highest BCUT2D eigenvalue weighted by Gasteiger charge is 2.14. The fraction of sp³-hybridized carbons (Fsp3) is 0.130. The predicted octanol–water partition coefficient (Wildman–Crippen LogP) is 5.59. The van der Waals surface area contributed by atoms with Crippen LogP contribution in [0.3, 0.4) is 0 Å². The summed E-state index contributed by atoms with van der Waals surface area (Å²) >= 11 is 5.95. The topological polar surface area (TPSA) is 42.2 Å². The van der Waals surface area contributed by atoms with Gasteiger partial charge in [-0.2, -0.15) is 0 Å². The lowest BCUT2D eigenvalue weighted by Crippen LogP contribution is -2.22. The van der Waals surface area contributed by atoms with E-state index < -0.39 is 0 Å². The molecule has 0 aliphatic heterocycles. The molecule has 0 aliphatic rings. The van der Waals surface area contributed by atoms with Crippen LogP contribution >= 0.6 is 11.6 Å². The first-order chi connectivity index (χ1) is 13.8. The Morgan fingerprint density at radius 2 is 1.25 bits per heavy atom. The smallest absolute Gasteiger partial charge is 0.247 e. The van der Waals surface area contributed by atoms with Crippen molar-refractivity contribution in [3.8, 4) is 11.5 Å². The zero-order valence-corrected chi connectivity index (χ0v) is 16.1. The fourth-order valence-corrected chi connectivity index (χ4v) is 3.19. The number of rotatable bonds is 7. The van der Waals surface area contributed by atoms with E-state index in [1.807, 2.05) is 36.4 Å². The van der Waals surface area contributed by atoms with Gasteiger partial charge in [-0.1, -0.05) is 72.3 Å². The van der Waals surface area contributed by atoms with E-state index in [1.165, 1.54) is 11.1 Å². The van der Waals surface area contributed by atoms with Crippen LogP contribution in [0.2, 0.25) is 5.02 Å². The van der Waals surface area contributed by atoms with Gasteiger partial charge in [-0.05, 0) is 35.4 Å². The Hall–Kier alpha value is -2.95.